The van der Waals surface area contributed by atoms with Gasteiger partial charge >= 0.3 is 0 Å². The van der Waals surface area contributed by atoms with E-state index in [4.69, 9.17) is 0 Å². The summed E-state index contributed by atoms with van der Waals surface area (Å²) in [7, 11) is 0. The van der Waals surface area contributed by atoms with Crippen LogP contribution in [0.15, 0.2) is 22.7 Å². The van der Waals surface area contributed by atoms with Gasteiger partial charge in [-0.3, -0.25) is 4.79 Å². The minimum absolute atomic E-state index is 0.142. The Bertz CT molecular complexity index is 429. The molecule has 0 heterocycles. The van der Waals surface area contributed by atoms with Crippen LogP contribution in [0.2, 0.25) is 0 Å². The second-order valence-electron chi connectivity index (χ2n) is 4.60. The summed E-state index contributed by atoms with van der Waals surface area (Å²) in [5.74, 6) is 0.244. The molecule has 92 valence electrons. The minimum Gasteiger partial charge on any atom is -0.391 e. The van der Waals surface area contributed by atoms with E-state index in [0.29, 0.717) is 18.0 Å². The van der Waals surface area contributed by atoms with Crippen molar-refractivity contribution < 1.29 is 9.90 Å². The summed E-state index contributed by atoms with van der Waals surface area (Å²) in [4.78, 5) is 11.9. The number of rotatable bonds is 4. The van der Waals surface area contributed by atoms with Gasteiger partial charge in [0.2, 0.25) is 0 Å². The van der Waals surface area contributed by atoms with E-state index in [1.54, 1.807) is 6.07 Å². The van der Waals surface area contributed by atoms with E-state index < -0.39 is 6.10 Å². The van der Waals surface area contributed by atoms with Crippen LogP contribution in [0.5, 0.6) is 0 Å². The normalized spacial score (nSPS) is 16.6. The van der Waals surface area contributed by atoms with E-state index in [9.17, 15) is 9.90 Å². The summed E-state index contributed by atoms with van der Waals surface area (Å²) in [6, 6.07) is 5.60. The van der Waals surface area contributed by atoms with E-state index in [1.807, 2.05) is 19.1 Å². The van der Waals surface area contributed by atoms with Gasteiger partial charge in [-0.2, -0.15) is 0 Å². The van der Waals surface area contributed by atoms with E-state index >= 15 is 0 Å². The lowest BCUT2D eigenvalue weighted by atomic mass is 10.1. The number of aryl methyl sites for hydroxylation is 1. The number of hydrogen-bond acceptors (Lipinski definition) is 2. The van der Waals surface area contributed by atoms with Crippen molar-refractivity contribution >= 4 is 21.8 Å². The number of amides is 1. The van der Waals surface area contributed by atoms with E-state index in [1.165, 1.54) is 0 Å². The number of hydrogen-bond donors (Lipinski definition) is 2. The van der Waals surface area contributed by atoms with E-state index in [2.05, 4.69) is 21.2 Å². The van der Waals surface area contributed by atoms with Crippen molar-refractivity contribution in [1.29, 1.82) is 0 Å². The Morgan fingerprint density at radius 3 is 2.88 bits per heavy atom. The lowest BCUT2D eigenvalue weighted by molar-refractivity contribution is 0.0900. The highest BCUT2D eigenvalue weighted by molar-refractivity contribution is 9.10. The predicted molar refractivity (Wildman–Crippen MR) is 69.9 cm³/mol. The zero-order chi connectivity index (χ0) is 12.4. The Morgan fingerprint density at radius 2 is 2.29 bits per heavy atom. The molecule has 1 aliphatic carbocycles. The predicted octanol–water partition coefficient (Wildman–Crippen LogP) is 2.26. The summed E-state index contributed by atoms with van der Waals surface area (Å²) in [6.07, 6.45) is 1.75. The van der Waals surface area contributed by atoms with Crippen molar-refractivity contribution in [3.63, 3.8) is 0 Å². The van der Waals surface area contributed by atoms with Gasteiger partial charge in [0.05, 0.1) is 11.7 Å². The Labute approximate surface area is 109 Å². The lowest BCUT2D eigenvalue weighted by Gasteiger charge is -2.11. The third kappa shape index (κ3) is 3.30. The third-order valence-corrected chi connectivity index (χ3v) is 3.66. The molecule has 0 spiro atoms. The quantitative estimate of drug-likeness (QED) is 0.896. The van der Waals surface area contributed by atoms with Crippen LogP contribution in [0, 0.1) is 12.8 Å². The molecule has 1 aromatic rings. The number of aliphatic hydroxyl groups excluding tert-OH is 1. The van der Waals surface area contributed by atoms with Crippen LogP contribution in [0.3, 0.4) is 0 Å². The maximum Gasteiger partial charge on any atom is 0.252 e. The molecule has 4 heteroatoms. The fourth-order valence-corrected chi connectivity index (χ4v) is 2.42. The van der Waals surface area contributed by atoms with Crippen LogP contribution in [0.4, 0.5) is 0 Å². The van der Waals surface area contributed by atoms with Crippen molar-refractivity contribution in [3.8, 4) is 0 Å². The fraction of sp³-hybridized carbons (Fsp3) is 0.462. The number of halogens is 1. The number of aliphatic hydroxyl groups is 1. The molecule has 2 rings (SSSR count). The zero-order valence-corrected chi connectivity index (χ0v) is 11.3. The average Bonchev–Trinajstić information content (AvgIpc) is 3.09. The molecular weight excluding hydrogens is 282 g/mol. The van der Waals surface area contributed by atoms with Crippen molar-refractivity contribution in [1.82, 2.24) is 5.32 Å². The average molecular weight is 298 g/mol. The van der Waals surface area contributed by atoms with Crippen LogP contribution in [0.25, 0.3) is 0 Å². The summed E-state index contributed by atoms with van der Waals surface area (Å²) in [6.45, 7) is 2.31. The van der Waals surface area contributed by atoms with Crippen molar-refractivity contribution in [2.45, 2.75) is 25.9 Å². The first kappa shape index (κ1) is 12.6. The maximum absolute atomic E-state index is 11.9. The summed E-state index contributed by atoms with van der Waals surface area (Å²) < 4.78 is 0.788. The minimum atomic E-state index is -0.400. The SMILES string of the molecule is Cc1ccc(C(=O)NCC(O)C2CC2)c(Br)c1. The molecule has 1 atom stereocenters. The molecule has 1 aliphatic rings. The van der Waals surface area contributed by atoms with Crippen molar-refractivity contribution in [2.75, 3.05) is 6.54 Å². The highest BCUT2D eigenvalue weighted by atomic mass is 79.9. The monoisotopic (exact) mass is 297 g/mol. The van der Waals surface area contributed by atoms with Gasteiger partial charge in [0.1, 0.15) is 0 Å². The van der Waals surface area contributed by atoms with Crippen LogP contribution in [-0.4, -0.2) is 23.7 Å². The van der Waals surface area contributed by atoms with Gasteiger partial charge in [0.25, 0.3) is 5.91 Å². The Hall–Kier alpha value is -0.870. The number of nitrogens with one attached hydrogen (secondary N) is 1. The van der Waals surface area contributed by atoms with Gasteiger partial charge in [-0.15, -0.1) is 0 Å². The highest BCUT2D eigenvalue weighted by Crippen LogP contribution is 2.32. The third-order valence-electron chi connectivity index (χ3n) is 3.01. The molecule has 1 unspecified atom stereocenters. The molecule has 0 radical (unpaired) electrons. The Balaban J connectivity index is 1.94. The topological polar surface area (TPSA) is 49.3 Å². The molecule has 17 heavy (non-hydrogen) atoms. The van der Waals surface area contributed by atoms with Gasteiger partial charge in [-0.25, -0.2) is 0 Å². The Kier molecular flexibility index (Phi) is 3.84. The molecule has 1 amide bonds. The van der Waals surface area contributed by atoms with Crippen LogP contribution in [0.1, 0.15) is 28.8 Å². The van der Waals surface area contributed by atoms with Gasteiger partial charge in [-0.05, 0) is 59.3 Å². The smallest absolute Gasteiger partial charge is 0.252 e. The number of benzene rings is 1. The van der Waals surface area contributed by atoms with E-state index in [-0.39, 0.29) is 5.91 Å². The molecule has 0 aliphatic heterocycles. The fourth-order valence-electron chi connectivity index (χ4n) is 1.74. The van der Waals surface area contributed by atoms with E-state index in [0.717, 1.165) is 22.9 Å². The molecule has 1 fully saturated rings. The second kappa shape index (κ2) is 5.19. The number of carbonyl (C=O) groups excluding carboxylic acids is 1. The zero-order valence-electron chi connectivity index (χ0n) is 9.74. The molecular formula is C13H16BrNO2. The van der Waals surface area contributed by atoms with Crippen LogP contribution in [-0.2, 0) is 0 Å². The molecule has 0 aromatic heterocycles. The molecule has 1 saturated carbocycles. The van der Waals surface area contributed by atoms with Gasteiger partial charge < -0.3 is 10.4 Å². The van der Waals surface area contributed by atoms with Gasteiger partial charge in [0.15, 0.2) is 0 Å². The first-order valence-electron chi connectivity index (χ1n) is 5.80. The summed E-state index contributed by atoms with van der Waals surface area (Å²) >= 11 is 3.37. The second-order valence-corrected chi connectivity index (χ2v) is 5.45. The molecule has 3 nitrogen and oxygen atoms in total. The Morgan fingerprint density at radius 1 is 1.59 bits per heavy atom. The first-order chi connectivity index (χ1) is 8.08. The van der Waals surface area contributed by atoms with Crippen molar-refractivity contribution in [2.24, 2.45) is 5.92 Å². The summed E-state index contributed by atoms with van der Waals surface area (Å²) in [5, 5.41) is 12.4. The van der Waals surface area contributed by atoms with Crippen molar-refractivity contribution in [3.05, 3.63) is 33.8 Å². The largest absolute Gasteiger partial charge is 0.391 e. The van der Waals surface area contributed by atoms with Crippen LogP contribution < -0.4 is 5.32 Å². The lowest BCUT2D eigenvalue weighted by Crippen LogP contribution is -2.33. The highest BCUT2D eigenvalue weighted by Gasteiger charge is 2.29. The molecule has 2 N–H and O–H groups in total. The summed E-state index contributed by atoms with van der Waals surface area (Å²) in [5.41, 5.74) is 1.71. The van der Waals surface area contributed by atoms with Gasteiger partial charge in [-0.1, -0.05) is 6.07 Å². The van der Waals surface area contributed by atoms with Crippen LogP contribution >= 0.6 is 15.9 Å². The van der Waals surface area contributed by atoms with Gasteiger partial charge in [0, 0.05) is 11.0 Å². The molecule has 0 bridgehead atoms. The molecule has 0 saturated heterocycles. The maximum atomic E-state index is 11.9. The number of carbonyl (C=O) groups is 1. The standard InChI is InChI=1S/C13H16BrNO2/c1-8-2-5-10(11(14)6-8)13(17)15-7-12(16)9-3-4-9/h2,5-6,9,12,16H,3-4,7H2,1H3,(H,15,17). The first-order valence-corrected chi connectivity index (χ1v) is 6.59. The molecule has 1 aromatic carbocycles.